The minimum atomic E-state index is -0.627. The number of rotatable bonds is 12. The fraction of sp³-hybridized carbons (Fsp3) is 0.310. The van der Waals surface area contributed by atoms with E-state index in [1.165, 1.54) is 0 Å². The molecule has 3 aromatic carbocycles. The zero-order valence-corrected chi connectivity index (χ0v) is 23.8. The molecule has 2 atom stereocenters. The Balaban J connectivity index is 1.84. The van der Waals surface area contributed by atoms with Gasteiger partial charge < -0.3 is 10.2 Å². The summed E-state index contributed by atoms with van der Waals surface area (Å²) in [7, 11) is 0. The zero-order chi connectivity index (χ0) is 25.9. The Bertz CT molecular complexity index is 1110. The van der Waals surface area contributed by atoms with Gasteiger partial charge in [-0.1, -0.05) is 89.1 Å². The van der Waals surface area contributed by atoms with Crippen molar-refractivity contribution in [1.82, 2.24) is 10.2 Å². The Morgan fingerprint density at radius 3 is 2.22 bits per heavy atom. The molecule has 36 heavy (non-hydrogen) atoms. The van der Waals surface area contributed by atoms with Crippen molar-refractivity contribution < 1.29 is 9.59 Å². The molecule has 0 spiro atoms. The zero-order valence-electron chi connectivity index (χ0n) is 20.6. The summed E-state index contributed by atoms with van der Waals surface area (Å²) in [5.74, 6) is 0.808. The van der Waals surface area contributed by atoms with Crippen LogP contribution in [-0.2, 0) is 28.3 Å². The van der Waals surface area contributed by atoms with Gasteiger partial charge in [0.2, 0.25) is 11.8 Å². The Labute approximate surface area is 231 Å². The SMILES string of the molecule is CC[C@@H](C)NC(=O)[C@H](Cc1ccccc1)N(Cc1ccc(Cl)cc1)C(=O)CSCc1ccc(Br)cc1. The van der Waals surface area contributed by atoms with Crippen molar-refractivity contribution in [3.63, 3.8) is 0 Å². The average molecular weight is 588 g/mol. The smallest absolute Gasteiger partial charge is 0.243 e. The Morgan fingerprint density at radius 1 is 0.944 bits per heavy atom. The second kappa shape index (κ2) is 14.5. The monoisotopic (exact) mass is 586 g/mol. The third kappa shape index (κ3) is 8.99. The topological polar surface area (TPSA) is 49.4 Å². The summed E-state index contributed by atoms with van der Waals surface area (Å²) < 4.78 is 1.03. The van der Waals surface area contributed by atoms with E-state index in [0.29, 0.717) is 18.0 Å². The van der Waals surface area contributed by atoms with E-state index in [2.05, 4.69) is 21.2 Å². The maximum absolute atomic E-state index is 13.6. The van der Waals surface area contributed by atoms with Crippen molar-refractivity contribution in [3.05, 3.63) is 105 Å². The molecule has 0 unspecified atom stereocenters. The van der Waals surface area contributed by atoms with Crippen LogP contribution in [0.1, 0.15) is 37.0 Å². The van der Waals surface area contributed by atoms with Crippen molar-refractivity contribution in [1.29, 1.82) is 0 Å². The molecule has 0 fully saturated rings. The van der Waals surface area contributed by atoms with Crippen LogP contribution in [0, 0.1) is 0 Å². The highest BCUT2D eigenvalue weighted by atomic mass is 79.9. The van der Waals surface area contributed by atoms with Crippen LogP contribution < -0.4 is 5.32 Å². The summed E-state index contributed by atoms with van der Waals surface area (Å²) in [6.45, 7) is 4.35. The molecule has 0 radical (unpaired) electrons. The van der Waals surface area contributed by atoms with Gasteiger partial charge in [-0.05, 0) is 54.3 Å². The van der Waals surface area contributed by atoms with Gasteiger partial charge in [0.25, 0.3) is 0 Å². The number of amides is 2. The lowest BCUT2D eigenvalue weighted by atomic mass is 10.0. The number of carbonyl (C=O) groups is 2. The highest BCUT2D eigenvalue weighted by molar-refractivity contribution is 9.10. The fourth-order valence-corrected chi connectivity index (χ4v) is 4.96. The van der Waals surface area contributed by atoms with Gasteiger partial charge in [0.1, 0.15) is 6.04 Å². The van der Waals surface area contributed by atoms with Crippen LogP contribution in [0.3, 0.4) is 0 Å². The first-order valence-electron chi connectivity index (χ1n) is 12.1. The molecule has 0 bridgehead atoms. The summed E-state index contributed by atoms with van der Waals surface area (Å²) in [6.07, 6.45) is 1.26. The maximum Gasteiger partial charge on any atom is 0.243 e. The molecule has 3 rings (SSSR count). The predicted octanol–water partition coefficient (Wildman–Crippen LogP) is 6.89. The number of hydrogen-bond acceptors (Lipinski definition) is 3. The van der Waals surface area contributed by atoms with Gasteiger partial charge >= 0.3 is 0 Å². The van der Waals surface area contributed by atoms with E-state index in [9.17, 15) is 9.59 Å². The molecule has 0 aliphatic heterocycles. The quantitative estimate of drug-likeness (QED) is 0.251. The molecule has 0 heterocycles. The van der Waals surface area contributed by atoms with Crippen molar-refractivity contribution in [2.75, 3.05) is 5.75 Å². The van der Waals surface area contributed by atoms with Crippen LogP contribution in [-0.4, -0.2) is 34.6 Å². The summed E-state index contributed by atoms with van der Waals surface area (Å²) in [6, 6.07) is 24.8. The van der Waals surface area contributed by atoms with Gasteiger partial charge in [-0.2, -0.15) is 0 Å². The lowest BCUT2D eigenvalue weighted by Gasteiger charge is -2.32. The molecule has 3 aromatic rings. The summed E-state index contributed by atoms with van der Waals surface area (Å²) in [4.78, 5) is 28.9. The second-order valence-corrected chi connectivity index (χ2v) is 11.1. The molecule has 0 aliphatic rings. The average Bonchev–Trinajstić information content (AvgIpc) is 2.88. The largest absolute Gasteiger partial charge is 0.352 e. The number of hydrogen-bond donors (Lipinski definition) is 1. The number of nitrogens with one attached hydrogen (secondary N) is 1. The Morgan fingerprint density at radius 2 is 1.58 bits per heavy atom. The van der Waals surface area contributed by atoms with E-state index < -0.39 is 6.04 Å². The molecular formula is C29H32BrClN2O2S. The number of nitrogens with zero attached hydrogens (tertiary/aromatic N) is 1. The third-order valence-corrected chi connectivity index (χ3v) is 7.71. The molecule has 0 aliphatic carbocycles. The highest BCUT2D eigenvalue weighted by Gasteiger charge is 2.30. The van der Waals surface area contributed by atoms with E-state index in [4.69, 9.17) is 11.6 Å². The summed E-state index contributed by atoms with van der Waals surface area (Å²) in [5, 5.41) is 3.74. The number of carbonyl (C=O) groups excluding carboxylic acids is 2. The van der Waals surface area contributed by atoms with Crippen molar-refractivity contribution in [2.24, 2.45) is 0 Å². The molecule has 4 nitrogen and oxygen atoms in total. The lowest BCUT2D eigenvalue weighted by molar-refractivity contribution is -0.139. The number of benzene rings is 3. The molecule has 190 valence electrons. The van der Waals surface area contributed by atoms with E-state index in [-0.39, 0.29) is 23.6 Å². The Hall–Kier alpha value is -2.28. The second-order valence-electron chi connectivity index (χ2n) is 8.79. The Kier molecular flexibility index (Phi) is 11.4. The van der Waals surface area contributed by atoms with E-state index in [1.54, 1.807) is 16.7 Å². The van der Waals surface area contributed by atoms with Gasteiger partial charge in [0, 0.05) is 34.3 Å². The third-order valence-electron chi connectivity index (χ3n) is 5.95. The molecular weight excluding hydrogens is 556 g/mol. The van der Waals surface area contributed by atoms with Crippen molar-refractivity contribution >= 4 is 51.1 Å². The number of thioether (sulfide) groups is 1. The fourth-order valence-electron chi connectivity index (χ4n) is 3.70. The molecule has 7 heteroatoms. The number of halogens is 2. The van der Waals surface area contributed by atoms with Crippen LogP contribution in [0.25, 0.3) is 0 Å². The first-order chi connectivity index (χ1) is 17.4. The van der Waals surface area contributed by atoms with Crippen LogP contribution in [0.15, 0.2) is 83.3 Å². The first-order valence-corrected chi connectivity index (χ1v) is 14.4. The minimum absolute atomic E-state index is 0.0232. The van der Waals surface area contributed by atoms with E-state index in [0.717, 1.165) is 33.3 Å². The van der Waals surface area contributed by atoms with Gasteiger partial charge in [-0.25, -0.2) is 0 Å². The van der Waals surface area contributed by atoms with Crippen molar-refractivity contribution in [2.45, 2.75) is 51.1 Å². The lowest BCUT2D eigenvalue weighted by Crippen LogP contribution is -2.52. The van der Waals surface area contributed by atoms with Gasteiger partial charge in [-0.15, -0.1) is 11.8 Å². The summed E-state index contributed by atoms with van der Waals surface area (Å²) >= 11 is 11.1. The summed E-state index contributed by atoms with van der Waals surface area (Å²) in [5.41, 5.74) is 3.09. The first kappa shape index (κ1) is 28.3. The highest BCUT2D eigenvalue weighted by Crippen LogP contribution is 2.20. The van der Waals surface area contributed by atoms with E-state index in [1.807, 2.05) is 92.7 Å². The van der Waals surface area contributed by atoms with Gasteiger partial charge in [0.05, 0.1) is 5.75 Å². The van der Waals surface area contributed by atoms with E-state index >= 15 is 0 Å². The minimum Gasteiger partial charge on any atom is -0.352 e. The predicted molar refractivity (Wildman–Crippen MR) is 154 cm³/mol. The normalized spacial score (nSPS) is 12.6. The molecule has 0 aromatic heterocycles. The van der Waals surface area contributed by atoms with Crippen molar-refractivity contribution in [3.8, 4) is 0 Å². The van der Waals surface area contributed by atoms with Crippen LogP contribution in [0.5, 0.6) is 0 Å². The van der Waals surface area contributed by atoms with Crippen LogP contribution in [0.4, 0.5) is 0 Å². The van der Waals surface area contributed by atoms with Gasteiger partial charge in [0.15, 0.2) is 0 Å². The molecule has 0 saturated heterocycles. The van der Waals surface area contributed by atoms with Crippen LogP contribution >= 0.6 is 39.3 Å². The van der Waals surface area contributed by atoms with Gasteiger partial charge in [-0.3, -0.25) is 9.59 Å². The maximum atomic E-state index is 13.6. The van der Waals surface area contributed by atoms with Crippen LogP contribution in [0.2, 0.25) is 5.02 Å². The molecule has 1 N–H and O–H groups in total. The molecule has 0 saturated carbocycles. The standard InChI is InChI=1S/C29H32BrClN2O2S/c1-3-21(2)32-29(35)27(17-22-7-5-4-6-8-22)33(18-23-11-15-26(31)16-12-23)28(34)20-36-19-24-9-13-25(30)14-10-24/h4-16,21,27H,3,17-20H2,1-2H3,(H,32,35)/t21-,27+/m1/s1. The molecule has 2 amide bonds.